The second-order valence-corrected chi connectivity index (χ2v) is 7.59. The lowest BCUT2D eigenvalue weighted by molar-refractivity contribution is -0.143. The topological polar surface area (TPSA) is 77.1 Å². The lowest BCUT2D eigenvalue weighted by Crippen LogP contribution is -2.51. The third-order valence-corrected chi connectivity index (χ3v) is 5.27. The van der Waals surface area contributed by atoms with Crippen LogP contribution in [0.25, 0.3) is 0 Å². The number of nitrogens with zero attached hydrogens (tertiary/aromatic N) is 1. The quantitative estimate of drug-likeness (QED) is 0.541. The molecule has 0 aliphatic heterocycles. The molecule has 0 saturated carbocycles. The Labute approximate surface area is 190 Å². The Morgan fingerprint density at radius 3 is 2.06 bits per heavy atom. The molecule has 0 radical (unpaired) electrons. The van der Waals surface area contributed by atoms with Crippen molar-refractivity contribution in [1.82, 2.24) is 10.2 Å². The van der Waals surface area contributed by atoms with Gasteiger partial charge in [-0.25, -0.2) is 0 Å². The van der Waals surface area contributed by atoms with Crippen molar-refractivity contribution in [2.45, 2.75) is 52.2 Å². The van der Waals surface area contributed by atoms with Gasteiger partial charge in [0.2, 0.25) is 5.91 Å². The van der Waals surface area contributed by atoms with Gasteiger partial charge in [0.1, 0.15) is 23.3 Å². The van der Waals surface area contributed by atoms with Crippen LogP contribution in [-0.2, 0) is 16.1 Å². The summed E-state index contributed by atoms with van der Waals surface area (Å²) in [4.78, 5) is 27.8. The fraction of sp³-hybridized carbons (Fsp3) is 0.440. The highest BCUT2D eigenvalue weighted by Gasteiger charge is 2.29. The first-order valence-electron chi connectivity index (χ1n) is 10.9. The van der Waals surface area contributed by atoms with Crippen molar-refractivity contribution in [2.75, 3.05) is 20.8 Å². The number of ether oxygens (including phenoxy) is 3. The molecule has 0 aliphatic rings. The molecule has 0 fully saturated rings. The van der Waals surface area contributed by atoms with Crippen LogP contribution >= 0.6 is 0 Å². The summed E-state index contributed by atoms with van der Waals surface area (Å²) in [6, 6.07) is 14.2. The van der Waals surface area contributed by atoms with E-state index in [1.54, 1.807) is 37.3 Å². The normalized spacial score (nSPS) is 12.4. The molecule has 0 aromatic heterocycles. The minimum atomic E-state index is -0.597. The van der Waals surface area contributed by atoms with Crippen molar-refractivity contribution in [2.24, 2.45) is 0 Å². The molecule has 0 saturated heterocycles. The lowest BCUT2D eigenvalue weighted by Gasteiger charge is -2.31. The number of hydrogen-bond donors (Lipinski definition) is 1. The summed E-state index contributed by atoms with van der Waals surface area (Å²) >= 11 is 0. The van der Waals surface area contributed by atoms with Gasteiger partial charge in [0.05, 0.1) is 14.2 Å². The van der Waals surface area contributed by atoms with Crippen LogP contribution in [0, 0.1) is 0 Å². The summed E-state index contributed by atoms with van der Waals surface area (Å²) < 4.78 is 16.3. The van der Waals surface area contributed by atoms with E-state index >= 15 is 0 Å². The first kappa shape index (κ1) is 25.0. The van der Waals surface area contributed by atoms with Gasteiger partial charge in [0.15, 0.2) is 6.61 Å². The van der Waals surface area contributed by atoms with E-state index in [9.17, 15) is 9.59 Å². The molecule has 0 unspecified atom stereocenters. The predicted octanol–water partition coefficient (Wildman–Crippen LogP) is 3.80. The number of rotatable bonds is 12. The minimum absolute atomic E-state index is 0.0331. The first-order valence-corrected chi connectivity index (χ1v) is 10.9. The summed E-state index contributed by atoms with van der Waals surface area (Å²) in [6.07, 6.45) is 1.31. The molecule has 174 valence electrons. The summed E-state index contributed by atoms with van der Waals surface area (Å²) in [5.41, 5.74) is 0.943. The Kier molecular flexibility index (Phi) is 9.85. The monoisotopic (exact) mass is 442 g/mol. The Hall–Kier alpha value is -3.22. The van der Waals surface area contributed by atoms with Crippen LogP contribution in [0.4, 0.5) is 0 Å². The molecule has 7 heteroatoms. The van der Waals surface area contributed by atoms with Gasteiger partial charge in [-0.1, -0.05) is 44.2 Å². The molecular formula is C25H34N2O5. The fourth-order valence-corrected chi connectivity index (χ4v) is 3.23. The second-order valence-electron chi connectivity index (χ2n) is 7.59. The summed E-state index contributed by atoms with van der Waals surface area (Å²) in [5, 5.41) is 3.00. The van der Waals surface area contributed by atoms with Crippen LogP contribution in [-0.4, -0.2) is 49.6 Å². The molecule has 7 nitrogen and oxygen atoms in total. The number of carbonyl (C=O) groups is 2. The average molecular weight is 443 g/mol. The maximum atomic E-state index is 13.2. The molecule has 2 amide bonds. The molecule has 2 aromatic rings. The van der Waals surface area contributed by atoms with E-state index in [4.69, 9.17) is 14.2 Å². The van der Waals surface area contributed by atoms with E-state index in [2.05, 4.69) is 5.32 Å². The van der Waals surface area contributed by atoms with E-state index in [-0.39, 0.29) is 24.5 Å². The minimum Gasteiger partial charge on any atom is -0.496 e. The number of carbonyl (C=O) groups excluding carboxylic acids is 2. The maximum absolute atomic E-state index is 13.2. The fourth-order valence-electron chi connectivity index (χ4n) is 3.23. The smallest absolute Gasteiger partial charge is 0.261 e. The van der Waals surface area contributed by atoms with Crippen molar-refractivity contribution in [3.63, 3.8) is 0 Å². The molecule has 32 heavy (non-hydrogen) atoms. The highest BCUT2D eigenvalue weighted by atomic mass is 16.5. The van der Waals surface area contributed by atoms with Gasteiger partial charge in [-0.05, 0) is 25.3 Å². The van der Waals surface area contributed by atoms with Crippen molar-refractivity contribution in [3.8, 4) is 17.2 Å². The van der Waals surface area contributed by atoms with Crippen molar-refractivity contribution in [1.29, 1.82) is 0 Å². The Balaban J connectivity index is 2.22. The zero-order chi connectivity index (χ0) is 23.5. The number of amides is 2. The lowest BCUT2D eigenvalue weighted by atomic mass is 10.1. The van der Waals surface area contributed by atoms with Crippen molar-refractivity contribution in [3.05, 3.63) is 54.1 Å². The molecule has 2 aromatic carbocycles. The van der Waals surface area contributed by atoms with E-state index in [1.165, 1.54) is 0 Å². The average Bonchev–Trinajstić information content (AvgIpc) is 2.82. The molecule has 0 spiro atoms. The molecule has 1 N–H and O–H groups in total. The van der Waals surface area contributed by atoms with Crippen LogP contribution < -0.4 is 19.5 Å². The van der Waals surface area contributed by atoms with E-state index in [0.717, 1.165) is 12.0 Å². The first-order chi connectivity index (χ1) is 15.4. The summed E-state index contributed by atoms with van der Waals surface area (Å²) in [7, 11) is 3.10. The van der Waals surface area contributed by atoms with Gasteiger partial charge in [0.25, 0.3) is 5.91 Å². The molecule has 0 bridgehead atoms. The SMILES string of the molecule is CC[C@H](C(=O)N[C@@H](C)CC)N(Cc1ccccc1)C(=O)COc1cc(OC)cc(OC)c1. The molecule has 2 rings (SSSR count). The van der Waals surface area contributed by atoms with Gasteiger partial charge < -0.3 is 24.4 Å². The van der Waals surface area contributed by atoms with Crippen LogP contribution in [0.3, 0.4) is 0 Å². The number of methoxy groups -OCH3 is 2. The molecule has 2 atom stereocenters. The summed E-state index contributed by atoms with van der Waals surface area (Å²) in [5.74, 6) is 1.14. The summed E-state index contributed by atoms with van der Waals surface area (Å²) in [6.45, 7) is 5.97. The standard InChI is InChI=1S/C25H34N2O5/c1-6-18(3)26-25(29)23(7-2)27(16-19-11-9-8-10-12-19)24(28)17-32-22-14-20(30-4)13-21(15-22)31-5/h8-15,18,23H,6-7,16-17H2,1-5H3,(H,26,29)/t18-,23+/m0/s1. The highest BCUT2D eigenvalue weighted by molar-refractivity contribution is 5.88. The number of hydrogen-bond acceptors (Lipinski definition) is 5. The zero-order valence-electron chi connectivity index (χ0n) is 19.6. The van der Waals surface area contributed by atoms with Crippen LogP contribution in [0.5, 0.6) is 17.2 Å². The Morgan fingerprint density at radius 1 is 0.938 bits per heavy atom. The largest absolute Gasteiger partial charge is 0.496 e. The maximum Gasteiger partial charge on any atom is 0.261 e. The zero-order valence-corrected chi connectivity index (χ0v) is 19.6. The van der Waals surface area contributed by atoms with E-state index < -0.39 is 6.04 Å². The van der Waals surface area contributed by atoms with Gasteiger partial charge in [-0.15, -0.1) is 0 Å². The number of nitrogens with one attached hydrogen (secondary N) is 1. The van der Waals surface area contributed by atoms with E-state index in [0.29, 0.717) is 30.2 Å². The molecule has 0 heterocycles. The number of benzene rings is 2. The van der Waals surface area contributed by atoms with Crippen LogP contribution in [0.2, 0.25) is 0 Å². The second kappa shape index (κ2) is 12.6. The Bertz CT molecular complexity index is 850. The van der Waals surface area contributed by atoms with Crippen molar-refractivity contribution < 1.29 is 23.8 Å². The van der Waals surface area contributed by atoms with E-state index in [1.807, 2.05) is 51.1 Å². The third kappa shape index (κ3) is 7.18. The van der Waals surface area contributed by atoms with Gasteiger partial charge in [-0.3, -0.25) is 9.59 Å². The van der Waals surface area contributed by atoms with Crippen LogP contribution in [0.1, 0.15) is 39.2 Å². The molecular weight excluding hydrogens is 408 g/mol. The predicted molar refractivity (Wildman–Crippen MR) is 124 cm³/mol. The van der Waals surface area contributed by atoms with Crippen LogP contribution in [0.15, 0.2) is 48.5 Å². The van der Waals surface area contributed by atoms with Gasteiger partial charge in [-0.2, -0.15) is 0 Å². The van der Waals surface area contributed by atoms with Gasteiger partial charge in [0, 0.05) is 30.8 Å². The molecule has 0 aliphatic carbocycles. The highest BCUT2D eigenvalue weighted by Crippen LogP contribution is 2.27. The van der Waals surface area contributed by atoms with Crippen molar-refractivity contribution >= 4 is 11.8 Å². The Morgan fingerprint density at radius 2 is 1.53 bits per heavy atom. The van der Waals surface area contributed by atoms with Gasteiger partial charge >= 0.3 is 0 Å². The third-order valence-electron chi connectivity index (χ3n) is 5.27.